The third-order valence-corrected chi connectivity index (χ3v) is 9.94. The summed E-state index contributed by atoms with van der Waals surface area (Å²) < 4.78 is 71.5. The molecule has 0 unspecified atom stereocenters. The first-order valence-corrected chi connectivity index (χ1v) is 14.6. The minimum absolute atomic E-state index is 0.0530. The first-order chi connectivity index (χ1) is 17.9. The van der Waals surface area contributed by atoms with E-state index in [1.807, 2.05) is 18.7 Å². The predicted octanol–water partition coefficient (Wildman–Crippen LogP) is 3.02. The number of halogens is 3. The number of carbonyl (C=O) groups is 1. The number of rotatable bonds is 7. The fourth-order valence-corrected chi connectivity index (χ4v) is 7.78. The number of pyridine rings is 1. The van der Waals surface area contributed by atoms with Crippen LogP contribution >= 0.6 is 11.3 Å². The molecule has 0 atom stereocenters. The molecule has 0 spiro atoms. The maximum absolute atomic E-state index is 14.1. The lowest BCUT2D eigenvalue weighted by Crippen LogP contribution is -2.76. The molecule has 1 N–H and O–H groups in total. The van der Waals surface area contributed by atoms with Crippen molar-refractivity contribution in [3.05, 3.63) is 23.5 Å². The van der Waals surface area contributed by atoms with Crippen LogP contribution < -0.4 is 9.62 Å². The molecule has 10 nitrogen and oxygen atoms in total. The number of hydrogen-bond donors (Lipinski definition) is 1. The molecule has 4 fully saturated rings. The molecule has 3 aliphatic carbocycles. The second kappa shape index (κ2) is 8.61. The van der Waals surface area contributed by atoms with Gasteiger partial charge in [-0.15, -0.1) is 10.2 Å². The Bertz CT molecular complexity index is 1510. The van der Waals surface area contributed by atoms with E-state index in [0.29, 0.717) is 48.7 Å². The molecule has 15 heteroatoms. The predicted molar refractivity (Wildman–Crippen MR) is 133 cm³/mol. The molecule has 204 valence electrons. The van der Waals surface area contributed by atoms with Crippen molar-refractivity contribution in [2.75, 3.05) is 31.1 Å². The number of piperazine rings is 1. The van der Waals surface area contributed by atoms with Crippen LogP contribution in [0.4, 0.5) is 18.9 Å². The zero-order chi connectivity index (χ0) is 27.0. The van der Waals surface area contributed by atoms with E-state index in [1.54, 1.807) is 11.0 Å². The van der Waals surface area contributed by atoms with Gasteiger partial charge in [0.05, 0.1) is 17.4 Å². The Morgan fingerprint density at radius 1 is 1.13 bits per heavy atom. The van der Waals surface area contributed by atoms with Gasteiger partial charge >= 0.3 is 0 Å². The van der Waals surface area contributed by atoms with E-state index in [2.05, 4.69) is 19.9 Å². The van der Waals surface area contributed by atoms with Crippen molar-refractivity contribution in [1.29, 1.82) is 0 Å². The number of imidazole rings is 1. The summed E-state index contributed by atoms with van der Waals surface area (Å²) in [6.07, 6.45) is 0.576. The van der Waals surface area contributed by atoms with Crippen molar-refractivity contribution in [3.8, 4) is 10.8 Å². The number of anilines is 1. The third kappa shape index (κ3) is 4.14. The van der Waals surface area contributed by atoms with Crippen LogP contribution in [0.1, 0.15) is 44.5 Å². The first kappa shape index (κ1) is 25.5. The molecule has 3 aromatic rings. The minimum atomic E-state index is -4.05. The van der Waals surface area contributed by atoms with E-state index in [0.717, 1.165) is 0 Å². The highest BCUT2D eigenvalue weighted by atomic mass is 32.2. The van der Waals surface area contributed by atoms with Crippen LogP contribution in [0.25, 0.3) is 16.3 Å². The van der Waals surface area contributed by atoms with Gasteiger partial charge in [0, 0.05) is 63.1 Å². The Labute approximate surface area is 220 Å². The second-order valence-corrected chi connectivity index (χ2v) is 13.4. The average molecular weight is 570 g/mol. The van der Waals surface area contributed by atoms with Crippen molar-refractivity contribution in [3.63, 3.8) is 0 Å². The van der Waals surface area contributed by atoms with Gasteiger partial charge in [0.15, 0.2) is 15.8 Å². The number of hydrogen-bond acceptors (Lipinski definition) is 8. The molecule has 0 radical (unpaired) electrons. The third-order valence-electron chi connectivity index (χ3n) is 7.47. The number of aromatic nitrogens is 4. The van der Waals surface area contributed by atoms with Gasteiger partial charge in [-0.3, -0.25) is 9.20 Å². The van der Waals surface area contributed by atoms with Crippen molar-refractivity contribution >= 4 is 38.5 Å². The fraction of sp³-hybridized carbons (Fsp3) is 0.565. The molecule has 4 heterocycles. The molecule has 3 saturated carbocycles. The number of alkyl halides is 3. The number of amides is 1. The van der Waals surface area contributed by atoms with Crippen LogP contribution in [0.2, 0.25) is 0 Å². The quantitative estimate of drug-likeness (QED) is 0.466. The highest BCUT2D eigenvalue weighted by Gasteiger charge is 2.70. The molecule has 1 saturated heterocycles. The van der Waals surface area contributed by atoms with Crippen LogP contribution in [-0.2, 0) is 14.8 Å². The molecular weight excluding hydrogens is 543 g/mol. The summed E-state index contributed by atoms with van der Waals surface area (Å²) >= 11 is 0.683. The summed E-state index contributed by atoms with van der Waals surface area (Å²) in [6.45, 7) is 5.56. The lowest BCUT2D eigenvalue weighted by Gasteiger charge is -2.65. The summed E-state index contributed by atoms with van der Waals surface area (Å²) in [6, 6.07) is 1.55. The molecule has 2 bridgehead atoms. The summed E-state index contributed by atoms with van der Waals surface area (Å²) in [5.74, 6) is 0.109. The Morgan fingerprint density at radius 2 is 1.82 bits per heavy atom. The summed E-state index contributed by atoms with van der Waals surface area (Å²) in [4.78, 5) is 20.5. The maximum atomic E-state index is 14.1. The summed E-state index contributed by atoms with van der Waals surface area (Å²) in [7, 11) is -4.05. The highest BCUT2D eigenvalue weighted by Crippen LogP contribution is 2.63. The Balaban J connectivity index is 1.39. The van der Waals surface area contributed by atoms with E-state index < -0.39 is 32.7 Å². The van der Waals surface area contributed by atoms with Crippen LogP contribution in [0, 0.1) is 5.92 Å². The van der Waals surface area contributed by atoms with Gasteiger partial charge in [0.2, 0.25) is 15.9 Å². The number of sulfonamides is 1. The first-order valence-electron chi connectivity index (χ1n) is 12.3. The molecule has 4 aliphatic rings. The highest BCUT2D eigenvalue weighted by molar-refractivity contribution is 7.89. The van der Waals surface area contributed by atoms with Crippen LogP contribution in [-0.4, -0.2) is 76.2 Å². The zero-order valence-electron chi connectivity index (χ0n) is 20.7. The number of nitrogens with one attached hydrogen (secondary N) is 1. The second-order valence-electron chi connectivity index (χ2n) is 10.7. The maximum Gasteiger partial charge on any atom is 0.291 e. The molecule has 1 aliphatic heterocycles. The number of nitrogens with zero attached hydrogens (tertiary/aromatic N) is 6. The Hall–Kier alpha value is -2.78. The lowest BCUT2D eigenvalue weighted by molar-refractivity contribution is -0.157. The van der Waals surface area contributed by atoms with Gasteiger partial charge in [0.25, 0.3) is 6.43 Å². The largest absolute Gasteiger partial charge is 0.366 e. The van der Waals surface area contributed by atoms with E-state index >= 15 is 0 Å². The minimum Gasteiger partial charge on any atom is -0.366 e. The average Bonchev–Trinajstić information content (AvgIpc) is 3.48. The van der Waals surface area contributed by atoms with Gasteiger partial charge in [-0.2, -0.15) is 0 Å². The number of carbonyl (C=O) groups excluding carboxylic acids is 1. The summed E-state index contributed by atoms with van der Waals surface area (Å²) in [5, 5.41) is 7.04. The molecule has 7 rings (SSSR count). The van der Waals surface area contributed by atoms with E-state index in [-0.39, 0.29) is 46.8 Å². The monoisotopic (exact) mass is 569 g/mol. The van der Waals surface area contributed by atoms with Crippen molar-refractivity contribution in [1.82, 2.24) is 29.2 Å². The number of fused-ring (bicyclic) bond motifs is 1. The van der Waals surface area contributed by atoms with E-state index in [1.165, 1.54) is 16.8 Å². The smallest absolute Gasteiger partial charge is 0.291 e. The van der Waals surface area contributed by atoms with Crippen molar-refractivity contribution < 1.29 is 26.4 Å². The Kier molecular flexibility index (Phi) is 5.78. The summed E-state index contributed by atoms with van der Waals surface area (Å²) in [5.41, 5.74) is -0.914. The fourth-order valence-electron chi connectivity index (χ4n) is 5.67. The normalized spacial score (nSPS) is 25.2. The van der Waals surface area contributed by atoms with Gasteiger partial charge in [-0.25, -0.2) is 31.3 Å². The molecular formula is C23H26F3N7O3S2. The van der Waals surface area contributed by atoms with Crippen molar-refractivity contribution in [2.45, 2.75) is 55.6 Å². The SMILES string of the molecule is CC(C)C(=O)N1CCN(c2cc(S(=O)(=O)NC34CC(F)(C3)C4)cn3c(-c4nnc(C(F)F)s4)ncc23)CC1. The van der Waals surface area contributed by atoms with Gasteiger partial charge in [-0.05, 0) is 6.07 Å². The van der Waals surface area contributed by atoms with Crippen LogP contribution in [0.3, 0.4) is 0 Å². The standard InChI is InChI=1S/C23H26F3N7O3S2/c1-13(2)21(34)32-5-3-31(4-6-32)15-7-14(38(35,36)30-23-10-22(26,11-23)12-23)9-33-16(15)8-27-18(33)20-29-28-19(37-20)17(24)25/h7-9,13,17,30H,3-6,10-12H2,1-2H3. The van der Waals surface area contributed by atoms with Crippen LogP contribution in [0.15, 0.2) is 23.4 Å². The van der Waals surface area contributed by atoms with E-state index in [4.69, 9.17) is 0 Å². The molecule has 38 heavy (non-hydrogen) atoms. The zero-order valence-corrected chi connectivity index (χ0v) is 22.3. The molecule has 0 aromatic carbocycles. The van der Waals surface area contributed by atoms with Gasteiger partial charge in [-0.1, -0.05) is 25.2 Å². The molecule has 3 aromatic heterocycles. The van der Waals surface area contributed by atoms with E-state index in [9.17, 15) is 26.4 Å². The molecule has 1 amide bonds. The lowest BCUT2D eigenvalue weighted by atomic mass is 9.48. The van der Waals surface area contributed by atoms with Gasteiger partial charge in [0.1, 0.15) is 10.6 Å². The van der Waals surface area contributed by atoms with Gasteiger partial charge < -0.3 is 9.80 Å². The Morgan fingerprint density at radius 3 is 2.39 bits per heavy atom. The van der Waals surface area contributed by atoms with Crippen LogP contribution in [0.5, 0.6) is 0 Å². The topological polar surface area (TPSA) is 113 Å². The van der Waals surface area contributed by atoms with Crippen molar-refractivity contribution in [2.24, 2.45) is 5.92 Å².